The quantitative estimate of drug-likeness (QED) is 0.655. The van der Waals surface area contributed by atoms with E-state index in [1.807, 2.05) is 26.0 Å². The number of nitrogens with one attached hydrogen (secondary N) is 1. The second-order valence-corrected chi connectivity index (χ2v) is 6.79. The number of halogens is 1. The summed E-state index contributed by atoms with van der Waals surface area (Å²) in [5.41, 5.74) is 2.01. The lowest BCUT2D eigenvalue weighted by Gasteiger charge is -2.08. The normalized spacial score (nSPS) is 10.9. The smallest absolute Gasteiger partial charge is 0.336 e. The van der Waals surface area contributed by atoms with Crippen LogP contribution in [0.1, 0.15) is 27.2 Å². The molecule has 0 unspecified atom stereocenters. The summed E-state index contributed by atoms with van der Waals surface area (Å²) in [6.07, 6.45) is 0.408. The van der Waals surface area contributed by atoms with Gasteiger partial charge in [0, 0.05) is 17.7 Å². The van der Waals surface area contributed by atoms with Gasteiger partial charge in [-0.1, -0.05) is 32.9 Å². The van der Waals surface area contributed by atoms with Crippen LogP contribution in [0.5, 0.6) is 6.01 Å². The van der Waals surface area contributed by atoms with Gasteiger partial charge in [0.15, 0.2) is 5.82 Å². The van der Waals surface area contributed by atoms with Gasteiger partial charge in [-0.05, 0) is 42.3 Å². The van der Waals surface area contributed by atoms with Gasteiger partial charge in [0.1, 0.15) is 5.82 Å². The first kappa shape index (κ1) is 19.5. The van der Waals surface area contributed by atoms with Crippen LogP contribution in [0.4, 0.5) is 10.1 Å². The Bertz CT molecular complexity index is 951. The van der Waals surface area contributed by atoms with Crippen molar-refractivity contribution in [3.8, 4) is 23.1 Å². The van der Waals surface area contributed by atoms with E-state index in [0.29, 0.717) is 36.0 Å². The predicted octanol–water partition coefficient (Wildman–Crippen LogP) is 4.46. The Balaban J connectivity index is 1.97. The predicted molar refractivity (Wildman–Crippen MR) is 106 cm³/mol. The highest BCUT2D eigenvalue weighted by Gasteiger charge is 2.16. The summed E-state index contributed by atoms with van der Waals surface area (Å²) in [4.78, 5) is 16.0. The minimum Gasteiger partial charge on any atom is -0.462 e. The van der Waals surface area contributed by atoms with E-state index in [9.17, 15) is 9.18 Å². The standard InChI is InChI=1S/C21H23FN4O2/c1-4-19(27)23-17-8-10-18(11-9-17)26-20(15-6-5-7-16(22)12-15)24-21(25-26)28-13-14(2)3/h5-12,14H,4,13H2,1-3H3,(H,23,27). The highest BCUT2D eigenvalue weighted by Crippen LogP contribution is 2.25. The molecular weight excluding hydrogens is 359 g/mol. The Morgan fingerprint density at radius 3 is 2.61 bits per heavy atom. The number of hydrogen-bond donors (Lipinski definition) is 1. The molecule has 3 rings (SSSR count). The number of anilines is 1. The summed E-state index contributed by atoms with van der Waals surface area (Å²) in [7, 11) is 0. The van der Waals surface area contributed by atoms with Crippen molar-refractivity contribution in [3.05, 3.63) is 54.3 Å². The summed E-state index contributed by atoms with van der Waals surface area (Å²) >= 11 is 0. The Hall–Kier alpha value is -3.22. The number of carbonyl (C=O) groups is 1. The van der Waals surface area contributed by atoms with Gasteiger partial charge in [0.25, 0.3) is 0 Å². The minimum atomic E-state index is -0.352. The van der Waals surface area contributed by atoms with Crippen molar-refractivity contribution in [2.45, 2.75) is 27.2 Å². The van der Waals surface area contributed by atoms with Crippen molar-refractivity contribution in [3.63, 3.8) is 0 Å². The number of aromatic nitrogens is 3. The van der Waals surface area contributed by atoms with Crippen molar-refractivity contribution < 1.29 is 13.9 Å². The maximum atomic E-state index is 13.7. The average molecular weight is 382 g/mol. The first-order valence-electron chi connectivity index (χ1n) is 9.22. The zero-order chi connectivity index (χ0) is 20.1. The molecule has 2 aromatic carbocycles. The van der Waals surface area contributed by atoms with Gasteiger partial charge in [-0.3, -0.25) is 4.79 Å². The number of rotatable bonds is 7. The Labute approximate surface area is 163 Å². The molecule has 7 heteroatoms. The lowest BCUT2D eigenvalue weighted by Crippen LogP contribution is -2.09. The maximum absolute atomic E-state index is 13.7. The van der Waals surface area contributed by atoms with Crippen molar-refractivity contribution >= 4 is 11.6 Å². The fraction of sp³-hybridized carbons (Fsp3) is 0.286. The van der Waals surface area contributed by atoms with E-state index in [1.54, 1.807) is 35.9 Å². The summed E-state index contributed by atoms with van der Waals surface area (Å²) in [5, 5.41) is 7.24. The molecule has 0 spiro atoms. The summed E-state index contributed by atoms with van der Waals surface area (Å²) in [6, 6.07) is 13.6. The molecule has 1 aromatic heterocycles. The lowest BCUT2D eigenvalue weighted by atomic mass is 10.2. The van der Waals surface area contributed by atoms with E-state index in [0.717, 1.165) is 5.69 Å². The first-order valence-corrected chi connectivity index (χ1v) is 9.22. The first-order chi connectivity index (χ1) is 13.5. The van der Waals surface area contributed by atoms with E-state index in [-0.39, 0.29) is 17.7 Å². The number of carbonyl (C=O) groups excluding carboxylic acids is 1. The van der Waals surface area contributed by atoms with Crippen LogP contribution in [0.2, 0.25) is 0 Å². The number of benzene rings is 2. The van der Waals surface area contributed by atoms with Crippen LogP contribution in [0.25, 0.3) is 17.1 Å². The maximum Gasteiger partial charge on any atom is 0.336 e. The third-order valence-corrected chi connectivity index (χ3v) is 3.93. The van der Waals surface area contributed by atoms with E-state index in [4.69, 9.17) is 4.74 Å². The Morgan fingerprint density at radius 2 is 1.96 bits per heavy atom. The highest BCUT2D eigenvalue weighted by molar-refractivity contribution is 5.90. The largest absolute Gasteiger partial charge is 0.462 e. The average Bonchev–Trinajstić information content (AvgIpc) is 3.11. The van der Waals surface area contributed by atoms with E-state index in [1.165, 1.54) is 12.1 Å². The van der Waals surface area contributed by atoms with Crippen molar-refractivity contribution in [2.24, 2.45) is 5.92 Å². The highest BCUT2D eigenvalue weighted by atomic mass is 19.1. The molecule has 6 nitrogen and oxygen atoms in total. The van der Waals surface area contributed by atoms with E-state index >= 15 is 0 Å². The molecule has 0 aliphatic rings. The van der Waals surface area contributed by atoms with Gasteiger partial charge >= 0.3 is 6.01 Å². The second kappa shape index (κ2) is 8.65. The van der Waals surface area contributed by atoms with E-state index in [2.05, 4.69) is 15.4 Å². The van der Waals surface area contributed by atoms with Crippen LogP contribution in [-0.4, -0.2) is 27.3 Å². The monoisotopic (exact) mass is 382 g/mol. The van der Waals surface area contributed by atoms with Crippen LogP contribution >= 0.6 is 0 Å². The molecule has 28 heavy (non-hydrogen) atoms. The molecule has 1 N–H and O–H groups in total. The third-order valence-electron chi connectivity index (χ3n) is 3.93. The van der Waals surface area contributed by atoms with Gasteiger partial charge in [0.2, 0.25) is 5.91 Å². The summed E-state index contributed by atoms with van der Waals surface area (Å²) in [5.74, 6) is 0.391. The fourth-order valence-electron chi connectivity index (χ4n) is 2.53. The molecule has 0 saturated carbocycles. The van der Waals surface area contributed by atoms with Crippen molar-refractivity contribution in [2.75, 3.05) is 11.9 Å². The van der Waals surface area contributed by atoms with Gasteiger partial charge in [-0.25, -0.2) is 9.07 Å². The molecule has 1 heterocycles. The molecule has 0 atom stereocenters. The van der Waals surface area contributed by atoms with E-state index < -0.39 is 0 Å². The van der Waals surface area contributed by atoms with Crippen molar-refractivity contribution in [1.82, 2.24) is 14.8 Å². The number of hydrogen-bond acceptors (Lipinski definition) is 4. The number of amides is 1. The topological polar surface area (TPSA) is 69.0 Å². The molecular formula is C21H23FN4O2. The molecule has 0 saturated heterocycles. The van der Waals surface area contributed by atoms with Gasteiger partial charge in [-0.15, -0.1) is 5.10 Å². The fourth-order valence-corrected chi connectivity index (χ4v) is 2.53. The van der Waals surface area contributed by atoms with Gasteiger partial charge in [-0.2, -0.15) is 4.98 Å². The molecule has 146 valence electrons. The Morgan fingerprint density at radius 1 is 1.21 bits per heavy atom. The van der Waals surface area contributed by atoms with Crippen LogP contribution in [0.15, 0.2) is 48.5 Å². The zero-order valence-electron chi connectivity index (χ0n) is 16.1. The van der Waals surface area contributed by atoms with Crippen LogP contribution in [0.3, 0.4) is 0 Å². The molecule has 0 aliphatic heterocycles. The molecule has 0 bridgehead atoms. The Kier molecular flexibility index (Phi) is 6.03. The van der Waals surface area contributed by atoms with Gasteiger partial charge < -0.3 is 10.1 Å². The molecule has 1 amide bonds. The van der Waals surface area contributed by atoms with Gasteiger partial charge in [0.05, 0.1) is 12.3 Å². The molecule has 0 fully saturated rings. The SMILES string of the molecule is CCC(=O)Nc1ccc(-n2nc(OCC(C)C)nc2-c2cccc(F)c2)cc1. The third kappa shape index (κ3) is 4.73. The van der Waals surface area contributed by atoms with Crippen LogP contribution in [-0.2, 0) is 4.79 Å². The van der Waals surface area contributed by atoms with Crippen molar-refractivity contribution in [1.29, 1.82) is 0 Å². The molecule has 0 radical (unpaired) electrons. The molecule has 3 aromatic rings. The summed E-state index contributed by atoms with van der Waals surface area (Å²) in [6.45, 7) is 6.35. The number of nitrogens with zero attached hydrogens (tertiary/aromatic N) is 3. The zero-order valence-corrected chi connectivity index (χ0v) is 16.1. The lowest BCUT2D eigenvalue weighted by molar-refractivity contribution is -0.115. The molecule has 0 aliphatic carbocycles. The second-order valence-electron chi connectivity index (χ2n) is 6.79. The van der Waals surface area contributed by atoms with Crippen LogP contribution < -0.4 is 10.1 Å². The van der Waals surface area contributed by atoms with Crippen LogP contribution in [0, 0.1) is 11.7 Å². The minimum absolute atomic E-state index is 0.0571. The number of ether oxygens (including phenoxy) is 1. The summed E-state index contributed by atoms with van der Waals surface area (Å²) < 4.78 is 21.0.